The highest BCUT2D eigenvalue weighted by Crippen LogP contribution is 2.32. The van der Waals surface area contributed by atoms with Gasteiger partial charge < -0.3 is 10.3 Å². The van der Waals surface area contributed by atoms with Crippen LogP contribution in [-0.2, 0) is 12.7 Å². The second-order valence-corrected chi connectivity index (χ2v) is 5.65. The predicted molar refractivity (Wildman–Crippen MR) is 85.6 cm³/mol. The summed E-state index contributed by atoms with van der Waals surface area (Å²) in [5.41, 5.74) is 0.478. The van der Waals surface area contributed by atoms with E-state index in [1.807, 2.05) is 6.07 Å². The fourth-order valence-electron chi connectivity index (χ4n) is 2.80. The molecule has 0 aliphatic carbocycles. The number of H-pyrrole nitrogens is 1. The molecule has 0 aliphatic rings. The molecule has 0 aliphatic heterocycles. The highest BCUT2D eigenvalue weighted by molar-refractivity contribution is 6.08. The first kappa shape index (κ1) is 17.0. The smallest absolute Gasteiger partial charge is 0.358 e. The molecule has 25 heavy (non-hydrogen) atoms. The standard InChI is InChI=1S/C18H14F4N2O/c1-10-16(13-4-2-3-5-15(13)24-10)17(25)23-9-11-6-7-12(19)8-14(11)18(20,21)22/h2-8,24H,9H2,1H3,(H,23,25). The number of hydrogen-bond acceptors (Lipinski definition) is 1. The lowest BCUT2D eigenvalue weighted by Gasteiger charge is -2.13. The van der Waals surface area contributed by atoms with Gasteiger partial charge in [0.1, 0.15) is 5.82 Å². The van der Waals surface area contributed by atoms with Crippen molar-refractivity contribution in [1.82, 2.24) is 10.3 Å². The third-order valence-corrected chi connectivity index (χ3v) is 3.94. The number of alkyl halides is 3. The number of carbonyl (C=O) groups excluding carboxylic acids is 1. The van der Waals surface area contributed by atoms with E-state index in [0.29, 0.717) is 22.7 Å². The summed E-state index contributed by atoms with van der Waals surface area (Å²) in [6, 6.07) is 9.54. The third kappa shape index (κ3) is 3.35. The molecule has 0 unspecified atom stereocenters. The Morgan fingerprint density at radius 1 is 1.16 bits per heavy atom. The van der Waals surface area contributed by atoms with Crippen LogP contribution in [0.1, 0.15) is 27.2 Å². The molecule has 1 heterocycles. The number of hydrogen-bond donors (Lipinski definition) is 2. The number of aryl methyl sites for hydroxylation is 1. The minimum atomic E-state index is -4.70. The number of nitrogens with one attached hydrogen (secondary N) is 2. The molecule has 7 heteroatoms. The van der Waals surface area contributed by atoms with E-state index in [0.717, 1.165) is 17.6 Å². The molecule has 0 atom stereocenters. The van der Waals surface area contributed by atoms with Crippen molar-refractivity contribution in [3.05, 3.63) is 70.7 Å². The molecule has 3 nitrogen and oxygen atoms in total. The minimum absolute atomic E-state index is 0.195. The normalized spacial score (nSPS) is 11.7. The van der Waals surface area contributed by atoms with Gasteiger partial charge in [0.2, 0.25) is 0 Å². The Bertz CT molecular complexity index is 944. The summed E-state index contributed by atoms with van der Waals surface area (Å²) in [7, 11) is 0. The number of aromatic nitrogens is 1. The van der Waals surface area contributed by atoms with Gasteiger partial charge in [0.25, 0.3) is 5.91 Å². The molecule has 0 fully saturated rings. The molecular weight excluding hydrogens is 336 g/mol. The summed E-state index contributed by atoms with van der Waals surface area (Å²) in [5, 5.41) is 3.17. The van der Waals surface area contributed by atoms with Crippen LogP contribution in [-0.4, -0.2) is 10.9 Å². The summed E-state index contributed by atoms with van der Waals surface area (Å²) in [6.07, 6.45) is -4.70. The second-order valence-electron chi connectivity index (χ2n) is 5.65. The van der Waals surface area contributed by atoms with Crippen LogP contribution in [0.3, 0.4) is 0 Å². The number of fused-ring (bicyclic) bond motifs is 1. The minimum Gasteiger partial charge on any atom is -0.358 e. The van der Waals surface area contributed by atoms with Crippen LogP contribution >= 0.6 is 0 Å². The third-order valence-electron chi connectivity index (χ3n) is 3.94. The zero-order valence-electron chi connectivity index (χ0n) is 13.2. The lowest BCUT2D eigenvalue weighted by Crippen LogP contribution is -2.25. The van der Waals surface area contributed by atoms with Gasteiger partial charge in [-0.15, -0.1) is 0 Å². The summed E-state index contributed by atoms with van der Waals surface area (Å²) < 4.78 is 52.2. The molecule has 0 saturated carbocycles. The zero-order valence-corrected chi connectivity index (χ0v) is 13.2. The van der Waals surface area contributed by atoms with Crippen molar-refractivity contribution in [3.63, 3.8) is 0 Å². The highest BCUT2D eigenvalue weighted by Gasteiger charge is 2.33. The monoisotopic (exact) mass is 350 g/mol. The van der Waals surface area contributed by atoms with Crippen LogP contribution in [0.5, 0.6) is 0 Å². The molecule has 1 amide bonds. The van der Waals surface area contributed by atoms with E-state index in [4.69, 9.17) is 0 Å². The van der Waals surface area contributed by atoms with Gasteiger partial charge in [-0.25, -0.2) is 4.39 Å². The summed E-state index contributed by atoms with van der Waals surface area (Å²) in [5.74, 6) is -1.47. The van der Waals surface area contributed by atoms with E-state index >= 15 is 0 Å². The van der Waals surface area contributed by atoms with Crippen LogP contribution in [0, 0.1) is 12.7 Å². The molecule has 0 radical (unpaired) electrons. The van der Waals surface area contributed by atoms with Gasteiger partial charge in [-0.05, 0) is 30.7 Å². The van der Waals surface area contributed by atoms with E-state index < -0.39 is 23.5 Å². The fraction of sp³-hybridized carbons (Fsp3) is 0.167. The Kier molecular flexibility index (Phi) is 4.24. The predicted octanol–water partition coefficient (Wildman–Crippen LogP) is 4.56. The second kappa shape index (κ2) is 6.23. The van der Waals surface area contributed by atoms with Crippen molar-refractivity contribution in [3.8, 4) is 0 Å². The van der Waals surface area contributed by atoms with Crippen molar-refractivity contribution in [2.24, 2.45) is 0 Å². The molecule has 2 N–H and O–H groups in total. The molecule has 1 aromatic heterocycles. The number of aromatic amines is 1. The number of amides is 1. The van der Waals surface area contributed by atoms with Crippen LogP contribution < -0.4 is 5.32 Å². The van der Waals surface area contributed by atoms with Crippen LogP contribution in [0.15, 0.2) is 42.5 Å². The van der Waals surface area contributed by atoms with Gasteiger partial charge in [-0.3, -0.25) is 4.79 Å². The van der Waals surface area contributed by atoms with Crippen molar-refractivity contribution >= 4 is 16.8 Å². The maximum Gasteiger partial charge on any atom is 0.416 e. The summed E-state index contributed by atoms with van der Waals surface area (Å²) in [6.45, 7) is 1.36. The van der Waals surface area contributed by atoms with Gasteiger partial charge in [-0.1, -0.05) is 24.3 Å². The average molecular weight is 350 g/mol. The summed E-state index contributed by atoms with van der Waals surface area (Å²) >= 11 is 0. The van der Waals surface area contributed by atoms with Crippen molar-refractivity contribution in [2.45, 2.75) is 19.6 Å². The van der Waals surface area contributed by atoms with E-state index in [9.17, 15) is 22.4 Å². The number of halogens is 4. The molecule has 2 aromatic carbocycles. The maximum absolute atomic E-state index is 13.1. The summed E-state index contributed by atoms with van der Waals surface area (Å²) in [4.78, 5) is 15.5. The Hall–Kier alpha value is -2.83. The van der Waals surface area contributed by atoms with Crippen LogP contribution in [0.2, 0.25) is 0 Å². The van der Waals surface area contributed by atoms with E-state index in [-0.39, 0.29) is 12.1 Å². The molecule has 130 valence electrons. The average Bonchev–Trinajstić information content (AvgIpc) is 2.88. The van der Waals surface area contributed by atoms with Gasteiger partial charge in [0.05, 0.1) is 11.1 Å². The number of rotatable bonds is 3. The lowest BCUT2D eigenvalue weighted by atomic mass is 10.1. The topological polar surface area (TPSA) is 44.9 Å². The van der Waals surface area contributed by atoms with Gasteiger partial charge in [0.15, 0.2) is 0 Å². The maximum atomic E-state index is 13.1. The Balaban J connectivity index is 1.87. The quantitative estimate of drug-likeness (QED) is 0.668. The van der Waals surface area contributed by atoms with E-state index in [1.54, 1.807) is 25.1 Å². The van der Waals surface area contributed by atoms with Crippen LogP contribution in [0.25, 0.3) is 10.9 Å². The zero-order chi connectivity index (χ0) is 18.2. The van der Waals surface area contributed by atoms with E-state index in [1.165, 1.54) is 0 Å². The van der Waals surface area contributed by atoms with Crippen molar-refractivity contribution in [1.29, 1.82) is 0 Å². The Morgan fingerprint density at radius 2 is 1.88 bits per heavy atom. The largest absolute Gasteiger partial charge is 0.416 e. The van der Waals surface area contributed by atoms with Crippen molar-refractivity contribution < 1.29 is 22.4 Å². The van der Waals surface area contributed by atoms with Gasteiger partial charge in [0, 0.05) is 23.1 Å². The molecular formula is C18H14F4N2O. The molecule has 0 saturated heterocycles. The number of benzene rings is 2. The Labute approximate surface area is 140 Å². The first-order chi connectivity index (χ1) is 11.8. The molecule has 0 spiro atoms. The SMILES string of the molecule is Cc1[nH]c2ccccc2c1C(=O)NCc1ccc(F)cc1C(F)(F)F. The fourth-order valence-corrected chi connectivity index (χ4v) is 2.80. The van der Waals surface area contributed by atoms with E-state index in [2.05, 4.69) is 10.3 Å². The molecule has 3 aromatic rings. The van der Waals surface area contributed by atoms with Crippen LogP contribution in [0.4, 0.5) is 17.6 Å². The van der Waals surface area contributed by atoms with Gasteiger partial charge in [-0.2, -0.15) is 13.2 Å². The highest BCUT2D eigenvalue weighted by atomic mass is 19.4. The molecule has 3 rings (SSSR count). The van der Waals surface area contributed by atoms with Crippen molar-refractivity contribution in [2.75, 3.05) is 0 Å². The van der Waals surface area contributed by atoms with Gasteiger partial charge >= 0.3 is 6.18 Å². The lowest BCUT2D eigenvalue weighted by molar-refractivity contribution is -0.138. The Morgan fingerprint density at radius 3 is 2.60 bits per heavy atom. The molecule has 0 bridgehead atoms. The first-order valence-electron chi connectivity index (χ1n) is 7.48. The first-order valence-corrected chi connectivity index (χ1v) is 7.48. The number of carbonyl (C=O) groups is 1. The number of para-hydroxylation sites is 1.